The van der Waals surface area contributed by atoms with Crippen molar-refractivity contribution >= 4 is 17.8 Å². The smallest absolute Gasteiger partial charge is 0.328 e. The van der Waals surface area contributed by atoms with Crippen LogP contribution in [-0.2, 0) is 14.3 Å². The van der Waals surface area contributed by atoms with Gasteiger partial charge in [0.1, 0.15) is 12.1 Å². The van der Waals surface area contributed by atoms with Crippen LogP contribution in [0, 0.1) is 0 Å². The van der Waals surface area contributed by atoms with Crippen LogP contribution >= 0.6 is 0 Å². The van der Waals surface area contributed by atoms with Crippen molar-refractivity contribution in [1.29, 1.82) is 0 Å². The van der Waals surface area contributed by atoms with Crippen LogP contribution in [0.25, 0.3) is 0 Å². The van der Waals surface area contributed by atoms with E-state index >= 15 is 0 Å². The lowest BCUT2D eigenvalue weighted by Gasteiger charge is -2.25. The molecule has 6 nitrogen and oxygen atoms in total. The van der Waals surface area contributed by atoms with Gasteiger partial charge in [-0.3, -0.25) is 9.59 Å². The Morgan fingerprint density at radius 2 is 1.80 bits per heavy atom. The van der Waals surface area contributed by atoms with Crippen LogP contribution < -0.4 is 10.6 Å². The van der Waals surface area contributed by atoms with Gasteiger partial charge in [-0.15, -0.1) is 0 Å². The summed E-state index contributed by atoms with van der Waals surface area (Å²) < 4.78 is 4.63. The summed E-state index contributed by atoms with van der Waals surface area (Å²) in [5, 5.41) is 5.41. The van der Waals surface area contributed by atoms with Crippen LogP contribution in [0.4, 0.5) is 0 Å². The molecule has 134 valence electrons. The lowest BCUT2D eigenvalue weighted by atomic mass is 9.93. The fourth-order valence-corrected chi connectivity index (χ4v) is 2.79. The quantitative estimate of drug-likeness (QED) is 0.610. The number of amides is 2. The highest BCUT2D eigenvalue weighted by Gasteiger charge is 2.28. The number of benzene rings is 1. The van der Waals surface area contributed by atoms with Crippen molar-refractivity contribution in [2.24, 2.45) is 0 Å². The number of ether oxygens (including phenoxy) is 1. The van der Waals surface area contributed by atoms with Gasteiger partial charge >= 0.3 is 5.97 Å². The van der Waals surface area contributed by atoms with E-state index < -0.39 is 24.0 Å². The van der Waals surface area contributed by atoms with Crippen LogP contribution in [0.1, 0.15) is 43.0 Å². The molecule has 2 atom stereocenters. The third kappa shape index (κ3) is 5.17. The van der Waals surface area contributed by atoms with E-state index in [1.807, 2.05) is 12.1 Å². The fraction of sp³-hybridized carbons (Fsp3) is 0.421. The first kappa shape index (κ1) is 18.7. The standard InChI is InChI=1S/C19H24N2O4/c1-13(19(24)25-2)20-18(23)16(14-9-5-3-6-10-14)21-17(22)15-11-7-4-8-12-15/h4,7-9,11-13,16H,3,5-6,10H2,1-2H3,(H,20,23)(H,21,22)/t13-,16?/m0/s1. The second kappa shape index (κ2) is 9.01. The summed E-state index contributed by atoms with van der Waals surface area (Å²) in [4.78, 5) is 36.7. The lowest BCUT2D eigenvalue weighted by Crippen LogP contribution is -2.52. The first-order chi connectivity index (χ1) is 12.0. The van der Waals surface area contributed by atoms with Gasteiger partial charge in [0.15, 0.2) is 0 Å². The third-order valence-corrected chi connectivity index (χ3v) is 4.18. The predicted octanol–water partition coefficient (Wildman–Crippen LogP) is 1.96. The SMILES string of the molecule is COC(=O)[C@H](C)NC(=O)C(NC(=O)c1ccccc1)C1=CCCCC1. The summed E-state index contributed by atoms with van der Waals surface area (Å²) in [7, 11) is 1.27. The predicted molar refractivity (Wildman–Crippen MR) is 93.9 cm³/mol. The first-order valence-corrected chi connectivity index (χ1v) is 8.46. The van der Waals surface area contributed by atoms with Gasteiger partial charge in [-0.2, -0.15) is 0 Å². The van der Waals surface area contributed by atoms with Crippen LogP contribution in [0.15, 0.2) is 42.0 Å². The Morgan fingerprint density at radius 3 is 2.40 bits per heavy atom. The molecule has 0 spiro atoms. The molecule has 0 heterocycles. The molecule has 6 heteroatoms. The maximum atomic E-state index is 12.7. The van der Waals surface area contributed by atoms with Crippen molar-refractivity contribution < 1.29 is 19.1 Å². The van der Waals surface area contributed by atoms with E-state index in [1.165, 1.54) is 7.11 Å². The molecule has 0 saturated heterocycles. The Balaban J connectivity index is 2.15. The third-order valence-electron chi connectivity index (χ3n) is 4.18. The van der Waals surface area contributed by atoms with E-state index in [2.05, 4.69) is 15.4 Å². The van der Waals surface area contributed by atoms with Crippen LogP contribution in [0.2, 0.25) is 0 Å². The molecule has 0 saturated carbocycles. The molecule has 1 aliphatic rings. The van der Waals surface area contributed by atoms with Crippen molar-refractivity contribution in [2.45, 2.75) is 44.7 Å². The Morgan fingerprint density at radius 1 is 1.08 bits per heavy atom. The van der Waals surface area contributed by atoms with Gasteiger partial charge < -0.3 is 15.4 Å². The number of hydrogen-bond donors (Lipinski definition) is 2. The van der Waals surface area contributed by atoms with Gasteiger partial charge in [-0.1, -0.05) is 24.3 Å². The Hall–Kier alpha value is -2.63. The Labute approximate surface area is 147 Å². The molecule has 25 heavy (non-hydrogen) atoms. The molecule has 2 rings (SSSR count). The molecule has 2 amide bonds. The molecule has 1 aliphatic carbocycles. The number of carbonyl (C=O) groups excluding carboxylic acids is 3. The Kier molecular flexibility index (Phi) is 6.74. The summed E-state index contributed by atoms with van der Waals surface area (Å²) in [6.07, 6.45) is 5.68. The van der Waals surface area contributed by atoms with E-state index in [1.54, 1.807) is 31.2 Å². The van der Waals surface area contributed by atoms with Gasteiger partial charge in [0.2, 0.25) is 5.91 Å². The monoisotopic (exact) mass is 344 g/mol. The molecule has 1 aromatic rings. The zero-order valence-electron chi connectivity index (χ0n) is 14.6. The largest absolute Gasteiger partial charge is 0.467 e. The molecular weight excluding hydrogens is 320 g/mol. The number of esters is 1. The van der Waals surface area contributed by atoms with Crippen molar-refractivity contribution in [3.63, 3.8) is 0 Å². The van der Waals surface area contributed by atoms with E-state index in [0.717, 1.165) is 31.3 Å². The van der Waals surface area contributed by atoms with Gasteiger partial charge in [0.25, 0.3) is 5.91 Å². The normalized spacial score (nSPS) is 16.2. The van der Waals surface area contributed by atoms with Crippen LogP contribution in [0.3, 0.4) is 0 Å². The van der Waals surface area contributed by atoms with Crippen molar-refractivity contribution in [3.05, 3.63) is 47.5 Å². The summed E-state index contributed by atoms with van der Waals surface area (Å²) >= 11 is 0. The minimum atomic E-state index is -0.792. The van der Waals surface area contributed by atoms with Gasteiger partial charge in [-0.05, 0) is 50.3 Å². The summed E-state index contributed by atoms with van der Waals surface area (Å²) in [5.74, 6) is -1.26. The average Bonchev–Trinajstić information content (AvgIpc) is 2.66. The maximum absolute atomic E-state index is 12.7. The molecule has 0 radical (unpaired) electrons. The van der Waals surface area contributed by atoms with E-state index in [9.17, 15) is 14.4 Å². The molecule has 0 bridgehead atoms. The molecule has 0 aromatic heterocycles. The van der Waals surface area contributed by atoms with E-state index in [4.69, 9.17) is 0 Å². The zero-order chi connectivity index (χ0) is 18.2. The summed E-state index contributed by atoms with van der Waals surface area (Å²) in [5.41, 5.74) is 1.36. The van der Waals surface area contributed by atoms with E-state index in [-0.39, 0.29) is 5.91 Å². The second-order valence-electron chi connectivity index (χ2n) is 6.05. The number of allylic oxidation sites excluding steroid dienone is 1. The lowest BCUT2D eigenvalue weighted by molar-refractivity contribution is -0.144. The summed E-state index contributed by atoms with van der Waals surface area (Å²) in [6.45, 7) is 1.55. The minimum absolute atomic E-state index is 0.321. The van der Waals surface area contributed by atoms with Crippen LogP contribution in [0.5, 0.6) is 0 Å². The fourth-order valence-electron chi connectivity index (χ4n) is 2.79. The minimum Gasteiger partial charge on any atom is -0.467 e. The zero-order valence-corrected chi connectivity index (χ0v) is 14.6. The second-order valence-corrected chi connectivity index (χ2v) is 6.05. The number of methoxy groups -OCH3 is 1. The first-order valence-electron chi connectivity index (χ1n) is 8.46. The average molecular weight is 344 g/mol. The highest BCUT2D eigenvalue weighted by molar-refractivity contribution is 5.99. The number of nitrogens with one attached hydrogen (secondary N) is 2. The molecule has 2 N–H and O–H groups in total. The molecule has 0 aliphatic heterocycles. The topological polar surface area (TPSA) is 84.5 Å². The highest BCUT2D eigenvalue weighted by Crippen LogP contribution is 2.21. The number of carbonyl (C=O) groups is 3. The maximum Gasteiger partial charge on any atom is 0.328 e. The Bertz CT molecular complexity index is 655. The molecule has 1 unspecified atom stereocenters. The molecule has 0 fully saturated rings. The van der Waals surface area contributed by atoms with Crippen molar-refractivity contribution in [3.8, 4) is 0 Å². The van der Waals surface area contributed by atoms with Gasteiger partial charge in [0.05, 0.1) is 7.11 Å². The number of rotatable bonds is 6. The van der Waals surface area contributed by atoms with Crippen LogP contribution in [-0.4, -0.2) is 37.0 Å². The van der Waals surface area contributed by atoms with Gasteiger partial charge in [0, 0.05) is 5.56 Å². The van der Waals surface area contributed by atoms with E-state index in [0.29, 0.717) is 5.56 Å². The molecular formula is C19H24N2O4. The highest BCUT2D eigenvalue weighted by atomic mass is 16.5. The summed E-state index contributed by atoms with van der Waals surface area (Å²) in [6, 6.07) is 7.17. The number of hydrogen-bond acceptors (Lipinski definition) is 4. The van der Waals surface area contributed by atoms with Gasteiger partial charge in [-0.25, -0.2) is 4.79 Å². The molecule has 1 aromatic carbocycles. The van der Waals surface area contributed by atoms with Crippen molar-refractivity contribution in [2.75, 3.05) is 7.11 Å². The van der Waals surface area contributed by atoms with Crippen molar-refractivity contribution in [1.82, 2.24) is 10.6 Å².